The van der Waals surface area contributed by atoms with Crippen LogP contribution in [0.25, 0.3) is 0 Å². The number of hydrogen-bond donors (Lipinski definition) is 1. The highest BCUT2D eigenvalue weighted by molar-refractivity contribution is 5.73. The van der Waals surface area contributed by atoms with E-state index in [-0.39, 0.29) is 5.60 Å². The van der Waals surface area contributed by atoms with Gasteiger partial charge in [-0.3, -0.25) is 9.59 Å². The topological polar surface area (TPSA) is 63.6 Å². The second-order valence-electron chi connectivity index (χ2n) is 10.3. The number of ether oxygens (including phenoxy) is 1. The zero-order valence-electron chi connectivity index (χ0n) is 20.3. The van der Waals surface area contributed by atoms with Gasteiger partial charge in [0.15, 0.2) is 0 Å². The Bertz CT molecular complexity index is 759. The number of unbranched alkanes of at least 4 members (excludes halogenated alkanes) is 4. The number of carboxylic acids is 1. The van der Waals surface area contributed by atoms with Crippen molar-refractivity contribution in [3.8, 4) is 0 Å². The molecule has 1 aromatic rings. The Labute approximate surface area is 188 Å². The summed E-state index contributed by atoms with van der Waals surface area (Å²) in [5.41, 5.74) is 6.44. The molecule has 0 radical (unpaired) electrons. The highest BCUT2D eigenvalue weighted by Crippen LogP contribution is 2.43. The van der Waals surface area contributed by atoms with Crippen LogP contribution >= 0.6 is 0 Å². The predicted octanol–water partition coefficient (Wildman–Crippen LogP) is 6.63. The van der Waals surface area contributed by atoms with Gasteiger partial charge in [-0.1, -0.05) is 25.3 Å². The van der Waals surface area contributed by atoms with E-state index in [0.29, 0.717) is 6.47 Å². The molecule has 0 saturated heterocycles. The van der Waals surface area contributed by atoms with Gasteiger partial charge in [0.2, 0.25) is 0 Å². The number of hydrogen-bond acceptors (Lipinski definition) is 3. The number of carboxylic acid groups (broad SMARTS) is 1. The van der Waals surface area contributed by atoms with Gasteiger partial charge in [0.05, 0.1) is 5.41 Å². The van der Waals surface area contributed by atoms with E-state index < -0.39 is 11.4 Å². The van der Waals surface area contributed by atoms with Gasteiger partial charge in [0.1, 0.15) is 5.60 Å². The maximum absolute atomic E-state index is 11.3. The number of benzene rings is 1. The van der Waals surface area contributed by atoms with E-state index in [1.165, 1.54) is 40.7 Å². The van der Waals surface area contributed by atoms with E-state index in [1.807, 2.05) is 13.8 Å². The highest BCUT2D eigenvalue weighted by Gasteiger charge is 2.44. The zero-order chi connectivity index (χ0) is 23.1. The third-order valence-electron chi connectivity index (χ3n) is 7.36. The van der Waals surface area contributed by atoms with Crippen LogP contribution in [0.3, 0.4) is 0 Å². The molecule has 174 valence electrons. The molecule has 1 aliphatic rings. The van der Waals surface area contributed by atoms with Crippen molar-refractivity contribution >= 4 is 12.4 Å². The minimum Gasteiger partial charge on any atom is -0.481 e. The van der Waals surface area contributed by atoms with Crippen LogP contribution in [0.2, 0.25) is 0 Å². The lowest BCUT2D eigenvalue weighted by atomic mass is 9.86. The van der Waals surface area contributed by atoms with Gasteiger partial charge in [0.25, 0.3) is 6.47 Å². The summed E-state index contributed by atoms with van der Waals surface area (Å²) in [6, 6.07) is 2.36. The first-order valence-corrected chi connectivity index (χ1v) is 12.1. The molecular formula is C27H42O4. The Kier molecular flexibility index (Phi) is 9.14. The van der Waals surface area contributed by atoms with Crippen LogP contribution < -0.4 is 0 Å². The van der Waals surface area contributed by atoms with Gasteiger partial charge in [-0.05, 0) is 120 Å². The predicted molar refractivity (Wildman–Crippen MR) is 126 cm³/mol. The minimum atomic E-state index is -0.703. The number of carbonyl (C=O) groups excluding carboxylic acids is 1. The Morgan fingerprint density at radius 1 is 1.03 bits per heavy atom. The Morgan fingerprint density at radius 2 is 1.68 bits per heavy atom. The number of carbonyl (C=O) groups is 2. The molecule has 0 spiro atoms. The first-order chi connectivity index (χ1) is 14.6. The zero-order valence-corrected chi connectivity index (χ0v) is 20.3. The maximum atomic E-state index is 11.3. The first-order valence-electron chi connectivity index (χ1n) is 12.1. The van der Waals surface area contributed by atoms with Crippen LogP contribution in [0.5, 0.6) is 0 Å². The normalized spacial score (nSPS) is 15.0. The first kappa shape index (κ1) is 25.4. The lowest BCUT2D eigenvalue weighted by Gasteiger charge is -2.19. The third kappa shape index (κ3) is 7.36. The van der Waals surface area contributed by atoms with Crippen LogP contribution in [-0.4, -0.2) is 23.1 Å². The van der Waals surface area contributed by atoms with Gasteiger partial charge in [-0.25, -0.2) is 0 Å². The van der Waals surface area contributed by atoms with Gasteiger partial charge in [-0.15, -0.1) is 0 Å². The average molecular weight is 431 g/mol. The summed E-state index contributed by atoms with van der Waals surface area (Å²) in [5, 5.41) is 9.26. The fraction of sp³-hybridized carbons (Fsp3) is 0.704. The molecule has 2 rings (SSSR count). The molecule has 0 atom stereocenters. The maximum Gasteiger partial charge on any atom is 0.309 e. The Balaban J connectivity index is 1.82. The molecule has 1 aromatic carbocycles. The molecule has 0 amide bonds. The minimum absolute atomic E-state index is 0.120. The van der Waals surface area contributed by atoms with E-state index in [2.05, 4.69) is 26.8 Å². The summed E-state index contributed by atoms with van der Waals surface area (Å²) in [5.74, 6) is -0.703. The molecule has 1 fully saturated rings. The molecule has 1 saturated carbocycles. The standard InChI is InChI=1S/C27H42O4/c1-20-18-23(12-8-6-11-15-27(16-17-27)31-19-28)22(3)24(21(20)2)13-9-7-10-14-26(4,5)25(29)30/h18-19H,6-17H2,1-5H3,(H,29,30). The van der Waals surface area contributed by atoms with Crippen LogP contribution in [0.15, 0.2) is 6.07 Å². The third-order valence-corrected chi connectivity index (χ3v) is 7.36. The fourth-order valence-corrected chi connectivity index (χ4v) is 4.59. The van der Waals surface area contributed by atoms with Crippen molar-refractivity contribution in [3.05, 3.63) is 33.9 Å². The molecule has 1 aliphatic carbocycles. The lowest BCUT2D eigenvalue weighted by Crippen LogP contribution is -2.23. The second-order valence-corrected chi connectivity index (χ2v) is 10.3. The molecule has 1 N–H and O–H groups in total. The van der Waals surface area contributed by atoms with E-state index in [9.17, 15) is 14.7 Å². The van der Waals surface area contributed by atoms with Crippen LogP contribution in [0, 0.1) is 26.2 Å². The van der Waals surface area contributed by atoms with Crippen molar-refractivity contribution in [2.75, 3.05) is 0 Å². The molecule has 0 aliphatic heterocycles. The van der Waals surface area contributed by atoms with Gasteiger partial charge in [0, 0.05) is 0 Å². The quantitative estimate of drug-likeness (QED) is 0.250. The SMILES string of the molecule is Cc1cc(CCCCCC2(OC=O)CC2)c(C)c(CCCCCC(C)(C)C(=O)O)c1C. The smallest absolute Gasteiger partial charge is 0.309 e. The summed E-state index contributed by atoms with van der Waals surface area (Å²) in [4.78, 5) is 21.9. The second kappa shape index (κ2) is 11.2. The number of rotatable bonds is 15. The van der Waals surface area contributed by atoms with Crippen LogP contribution in [0.1, 0.15) is 106 Å². The van der Waals surface area contributed by atoms with Crippen molar-refractivity contribution < 1.29 is 19.4 Å². The molecule has 0 aromatic heterocycles. The molecule has 4 nitrogen and oxygen atoms in total. The highest BCUT2D eigenvalue weighted by atomic mass is 16.5. The van der Waals surface area contributed by atoms with E-state index in [1.54, 1.807) is 0 Å². The van der Waals surface area contributed by atoms with Gasteiger partial charge >= 0.3 is 5.97 Å². The Hall–Kier alpha value is -1.84. The number of aryl methyl sites for hydroxylation is 2. The van der Waals surface area contributed by atoms with Crippen molar-refractivity contribution in [3.63, 3.8) is 0 Å². The monoisotopic (exact) mass is 430 g/mol. The largest absolute Gasteiger partial charge is 0.481 e. The molecule has 31 heavy (non-hydrogen) atoms. The Morgan fingerprint density at radius 3 is 2.29 bits per heavy atom. The van der Waals surface area contributed by atoms with E-state index in [4.69, 9.17) is 4.74 Å². The summed E-state index contributed by atoms with van der Waals surface area (Å²) in [7, 11) is 0. The summed E-state index contributed by atoms with van der Waals surface area (Å²) in [6.45, 7) is 11.0. The molecule has 0 heterocycles. The van der Waals surface area contributed by atoms with E-state index in [0.717, 1.165) is 64.2 Å². The van der Waals surface area contributed by atoms with E-state index >= 15 is 0 Å². The van der Waals surface area contributed by atoms with Crippen molar-refractivity contribution in [2.24, 2.45) is 5.41 Å². The fourth-order valence-electron chi connectivity index (χ4n) is 4.59. The molecule has 0 unspecified atom stereocenters. The molecular weight excluding hydrogens is 388 g/mol. The summed E-state index contributed by atoms with van der Waals surface area (Å²) >= 11 is 0. The lowest BCUT2D eigenvalue weighted by molar-refractivity contribution is -0.147. The summed E-state index contributed by atoms with van der Waals surface area (Å²) < 4.78 is 5.24. The van der Waals surface area contributed by atoms with Crippen LogP contribution in [0.4, 0.5) is 0 Å². The molecule has 0 bridgehead atoms. The van der Waals surface area contributed by atoms with Crippen molar-refractivity contribution in [1.82, 2.24) is 0 Å². The van der Waals surface area contributed by atoms with Crippen molar-refractivity contribution in [1.29, 1.82) is 0 Å². The molecule has 4 heteroatoms. The van der Waals surface area contributed by atoms with Crippen LogP contribution in [-0.2, 0) is 27.2 Å². The van der Waals surface area contributed by atoms with Crippen molar-refractivity contribution in [2.45, 2.75) is 117 Å². The average Bonchev–Trinajstić information content (AvgIpc) is 3.47. The van der Waals surface area contributed by atoms with Gasteiger partial charge < -0.3 is 9.84 Å². The summed E-state index contributed by atoms with van der Waals surface area (Å²) in [6.07, 6.45) is 12.6. The number of aliphatic carboxylic acids is 1. The van der Waals surface area contributed by atoms with Gasteiger partial charge in [-0.2, -0.15) is 0 Å².